The molecule has 0 radical (unpaired) electrons. The molecule has 1 heteroatoms. The van der Waals surface area contributed by atoms with Gasteiger partial charge < -0.3 is 0 Å². The third kappa shape index (κ3) is 9.33. The van der Waals surface area contributed by atoms with Gasteiger partial charge in [-0.15, -0.1) is 0 Å². The summed E-state index contributed by atoms with van der Waals surface area (Å²) in [6.45, 7) is 10.5. The molecule has 0 atom stereocenters. The van der Waals surface area contributed by atoms with Crippen molar-refractivity contribution in [1.29, 1.82) is 0 Å². The number of hydrogen-bond donors (Lipinski definition) is 0. The van der Waals surface area contributed by atoms with Gasteiger partial charge in [0.05, 0.1) is 0 Å². The Morgan fingerprint density at radius 1 is 0.238 bits per heavy atom. The second kappa shape index (κ2) is 15.0. The highest BCUT2D eigenvalue weighted by Crippen LogP contribution is 2.22. The second-order valence-electron chi connectivity index (χ2n) is 10.8. The van der Waals surface area contributed by atoms with Crippen LogP contribution < -0.4 is 0 Å². The van der Waals surface area contributed by atoms with E-state index in [-0.39, 0.29) is 0 Å². The standard InChI is InChI=1S/2C14H14.C13H11Cl/c2*1-11-3-7-13(8-4-11)14-9-5-12(2)6-10-14;1-10-2-4-11(5-3-10)12-6-8-13(14)9-7-12/h2*3-10H,1-2H3;2-9H,1H3. The van der Waals surface area contributed by atoms with Crippen LogP contribution >= 0.6 is 11.6 Å². The molecular formula is C41H39Cl. The third-order valence-corrected chi connectivity index (χ3v) is 7.35. The first-order valence-electron chi connectivity index (χ1n) is 14.4. The van der Waals surface area contributed by atoms with Gasteiger partial charge in [-0.3, -0.25) is 0 Å². The minimum absolute atomic E-state index is 0.779. The van der Waals surface area contributed by atoms with Gasteiger partial charge in [-0.05, 0) is 80.1 Å². The van der Waals surface area contributed by atoms with Crippen molar-refractivity contribution >= 4 is 11.6 Å². The molecule has 0 aliphatic rings. The van der Waals surface area contributed by atoms with Gasteiger partial charge in [-0.1, -0.05) is 173 Å². The summed E-state index contributed by atoms with van der Waals surface area (Å²) < 4.78 is 0. The molecule has 0 amide bonds. The van der Waals surface area contributed by atoms with Gasteiger partial charge >= 0.3 is 0 Å². The minimum Gasteiger partial charge on any atom is -0.0843 e. The number of aryl methyl sites for hydroxylation is 5. The Bertz CT molecular complexity index is 1300. The first-order chi connectivity index (χ1) is 20.3. The Morgan fingerprint density at radius 3 is 0.548 bits per heavy atom. The molecule has 6 rings (SSSR count). The SMILES string of the molecule is Cc1ccc(-c2ccc(C)cc2)cc1.Cc1ccc(-c2ccc(C)cc2)cc1.Cc1ccc(-c2ccc(Cl)cc2)cc1. The molecule has 0 saturated carbocycles. The summed E-state index contributed by atoms with van der Waals surface area (Å²) in [7, 11) is 0. The van der Waals surface area contributed by atoms with Crippen LogP contribution in [0, 0.1) is 34.6 Å². The molecule has 0 unspecified atom stereocenters. The molecule has 0 heterocycles. The van der Waals surface area contributed by atoms with E-state index < -0.39 is 0 Å². The Balaban J connectivity index is 0.000000145. The lowest BCUT2D eigenvalue weighted by molar-refractivity contribution is 1.45. The van der Waals surface area contributed by atoms with Gasteiger partial charge in [0.15, 0.2) is 0 Å². The van der Waals surface area contributed by atoms with E-state index in [9.17, 15) is 0 Å². The second-order valence-corrected chi connectivity index (χ2v) is 11.3. The molecule has 6 aromatic rings. The van der Waals surface area contributed by atoms with Gasteiger partial charge in [0.1, 0.15) is 0 Å². The van der Waals surface area contributed by atoms with Crippen LogP contribution in [0.15, 0.2) is 146 Å². The highest BCUT2D eigenvalue weighted by molar-refractivity contribution is 6.30. The van der Waals surface area contributed by atoms with Crippen molar-refractivity contribution in [3.8, 4) is 33.4 Å². The van der Waals surface area contributed by atoms with Crippen molar-refractivity contribution in [2.24, 2.45) is 0 Å². The lowest BCUT2D eigenvalue weighted by atomic mass is 10.0. The maximum absolute atomic E-state index is 5.82. The van der Waals surface area contributed by atoms with Crippen LogP contribution in [0.5, 0.6) is 0 Å². The van der Waals surface area contributed by atoms with Gasteiger partial charge in [0.2, 0.25) is 0 Å². The molecule has 0 spiro atoms. The maximum atomic E-state index is 5.82. The molecule has 210 valence electrons. The summed E-state index contributed by atoms with van der Waals surface area (Å²) in [6, 6.07) is 50.9. The van der Waals surface area contributed by atoms with Crippen LogP contribution in [0.4, 0.5) is 0 Å². The van der Waals surface area contributed by atoms with Crippen molar-refractivity contribution in [2.45, 2.75) is 34.6 Å². The quantitative estimate of drug-likeness (QED) is 0.200. The molecular weight excluding hydrogens is 528 g/mol. The van der Waals surface area contributed by atoms with Crippen molar-refractivity contribution in [3.63, 3.8) is 0 Å². The summed E-state index contributed by atoms with van der Waals surface area (Å²) in [5.74, 6) is 0. The van der Waals surface area contributed by atoms with Crippen LogP contribution in [0.3, 0.4) is 0 Å². The molecule has 0 fully saturated rings. The predicted octanol–water partition coefficient (Wildman–Crippen LogP) is 12.3. The fourth-order valence-corrected chi connectivity index (χ4v) is 4.50. The van der Waals surface area contributed by atoms with Gasteiger partial charge in [0, 0.05) is 5.02 Å². The van der Waals surface area contributed by atoms with E-state index in [2.05, 4.69) is 156 Å². The summed E-state index contributed by atoms with van der Waals surface area (Å²) in [6.07, 6.45) is 0. The largest absolute Gasteiger partial charge is 0.0843 e. The van der Waals surface area contributed by atoms with E-state index >= 15 is 0 Å². The van der Waals surface area contributed by atoms with Crippen molar-refractivity contribution in [1.82, 2.24) is 0 Å². The molecule has 0 aromatic heterocycles. The van der Waals surface area contributed by atoms with Crippen LogP contribution in [-0.2, 0) is 0 Å². The lowest BCUT2D eigenvalue weighted by Gasteiger charge is -2.02. The Hall–Kier alpha value is -4.39. The summed E-state index contributed by atoms with van der Waals surface area (Å²) >= 11 is 5.82. The number of rotatable bonds is 3. The monoisotopic (exact) mass is 566 g/mol. The van der Waals surface area contributed by atoms with E-state index in [1.807, 2.05) is 24.3 Å². The molecule has 0 bridgehead atoms. The molecule has 0 saturated heterocycles. The van der Waals surface area contributed by atoms with E-state index in [4.69, 9.17) is 11.6 Å². The molecule has 42 heavy (non-hydrogen) atoms. The Morgan fingerprint density at radius 2 is 0.381 bits per heavy atom. The molecule has 6 aromatic carbocycles. The highest BCUT2D eigenvalue weighted by Gasteiger charge is 1.98. The summed E-state index contributed by atoms with van der Waals surface area (Å²) in [5, 5.41) is 0.779. The van der Waals surface area contributed by atoms with Crippen LogP contribution in [0.2, 0.25) is 5.02 Å². The van der Waals surface area contributed by atoms with Crippen LogP contribution in [-0.4, -0.2) is 0 Å². The van der Waals surface area contributed by atoms with E-state index in [0.29, 0.717) is 0 Å². The molecule has 0 N–H and O–H groups in total. The lowest BCUT2D eigenvalue weighted by Crippen LogP contribution is -1.78. The molecule has 0 aliphatic heterocycles. The average molecular weight is 567 g/mol. The Kier molecular flexibility index (Phi) is 10.9. The molecule has 0 aliphatic carbocycles. The summed E-state index contributed by atoms with van der Waals surface area (Å²) in [5.41, 5.74) is 14.1. The minimum atomic E-state index is 0.779. The number of hydrogen-bond acceptors (Lipinski definition) is 0. The van der Waals surface area contributed by atoms with Gasteiger partial charge in [0.25, 0.3) is 0 Å². The van der Waals surface area contributed by atoms with Crippen molar-refractivity contribution in [2.75, 3.05) is 0 Å². The Labute approximate surface area is 257 Å². The van der Waals surface area contributed by atoms with Gasteiger partial charge in [-0.2, -0.15) is 0 Å². The van der Waals surface area contributed by atoms with Crippen molar-refractivity contribution in [3.05, 3.63) is 178 Å². The topological polar surface area (TPSA) is 0 Å². The number of halogens is 1. The van der Waals surface area contributed by atoms with Gasteiger partial charge in [-0.25, -0.2) is 0 Å². The van der Waals surface area contributed by atoms with E-state index in [1.165, 1.54) is 61.2 Å². The van der Waals surface area contributed by atoms with E-state index in [1.54, 1.807) is 0 Å². The zero-order chi connectivity index (χ0) is 29.9. The summed E-state index contributed by atoms with van der Waals surface area (Å²) in [4.78, 5) is 0. The highest BCUT2D eigenvalue weighted by atomic mass is 35.5. The third-order valence-electron chi connectivity index (χ3n) is 7.10. The maximum Gasteiger partial charge on any atom is 0.0406 e. The smallest absolute Gasteiger partial charge is 0.0406 e. The van der Waals surface area contributed by atoms with Crippen LogP contribution in [0.25, 0.3) is 33.4 Å². The normalized spacial score (nSPS) is 10.1. The molecule has 0 nitrogen and oxygen atoms in total. The first-order valence-corrected chi connectivity index (χ1v) is 14.7. The predicted molar refractivity (Wildman–Crippen MR) is 184 cm³/mol. The van der Waals surface area contributed by atoms with Crippen LogP contribution in [0.1, 0.15) is 27.8 Å². The zero-order valence-electron chi connectivity index (χ0n) is 25.2. The average Bonchev–Trinajstić information content (AvgIpc) is 3.01. The van der Waals surface area contributed by atoms with E-state index in [0.717, 1.165) is 5.02 Å². The fraction of sp³-hybridized carbons (Fsp3) is 0.122. The first kappa shape index (κ1) is 30.6. The fourth-order valence-electron chi connectivity index (χ4n) is 4.37. The van der Waals surface area contributed by atoms with Crippen molar-refractivity contribution < 1.29 is 0 Å². The zero-order valence-corrected chi connectivity index (χ0v) is 26.0. The number of benzene rings is 6.